The van der Waals surface area contributed by atoms with E-state index >= 15 is 0 Å². The maximum absolute atomic E-state index is 11.7. The van der Waals surface area contributed by atoms with Gasteiger partial charge in [-0.1, -0.05) is 12.1 Å². The summed E-state index contributed by atoms with van der Waals surface area (Å²) in [6, 6.07) is 6.52. The van der Waals surface area contributed by atoms with Gasteiger partial charge in [0.1, 0.15) is 0 Å². The monoisotopic (exact) mass is 269 g/mol. The number of carboxylic acids is 1. The van der Waals surface area contributed by atoms with Gasteiger partial charge in [0, 0.05) is 11.8 Å². The molecular formula is C12H15NO4S. The summed E-state index contributed by atoms with van der Waals surface area (Å²) in [5.41, 5.74) is 1.03. The van der Waals surface area contributed by atoms with Crippen LogP contribution in [0.3, 0.4) is 0 Å². The quantitative estimate of drug-likeness (QED) is 0.800. The van der Waals surface area contributed by atoms with Crippen molar-refractivity contribution in [3.8, 4) is 0 Å². The molecule has 0 aromatic heterocycles. The lowest BCUT2D eigenvalue weighted by molar-refractivity contribution is -0.131. The second-order valence-electron chi connectivity index (χ2n) is 3.99. The zero-order valence-electron chi connectivity index (χ0n) is 10.1. The predicted molar refractivity (Wildman–Crippen MR) is 70.8 cm³/mol. The van der Waals surface area contributed by atoms with Crippen molar-refractivity contribution in [2.24, 2.45) is 0 Å². The van der Waals surface area contributed by atoms with Crippen LogP contribution in [0.25, 0.3) is 6.08 Å². The maximum atomic E-state index is 11.7. The van der Waals surface area contributed by atoms with Gasteiger partial charge >= 0.3 is 5.97 Å². The van der Waals surface area contributed by atoms with Crippen LogP contribution in [0.4, 0.5) is 5.69 Å². The van der Waals surface area contributed by atoms with Crippen LogP contribution < -0.4 is 4.72 Å². The number of anilines is 1. The Balaban J connectivity index is 2.93. The lowest BCUT2D eigenvalue weighted by Crippen LogP contribution is -2.22. The number of nitrogens with one attached hydrogen (secondary N) is 1. The summed E-state index contributed by atoms with van der Waals surface area (Å²) in [4.78, 5) is 10.4. The molecule has 1 aromatic rings. The molecule has 0 fully saturated rings. The van der Waals surface area contributed by atoms with Crippen LogP contribution in [-0.2, 0) is 14.8 Å². The van der Waals surface area contributed by atoms with E-state index in [0.717, 1.165) is 6.08 Å². The summed E-state index contributed by atoms with van der Waals surface area (Å²) in [6.45, 7) is 3.16. The molecular weight excluding hydrogens is 254 g/mol. The normalized spacial score (nSPS) is 11.9. The number of rotatable bonds is 5. The van der Waals surface area contributed by atoms with Crippen molar-refractivity contribution in [3.63, 3.8) is 0 Å². The van der Waals surface area contributed by atoms with Crippen LogP contribution in [0, 0.1) is 0 Å². The first-order valence-corrected chi connectivity index (χ1v) is 6.88. The summed E-state index contributed by atoms with van der Waals surface area (Å²) in [5.74, 6) is -1.05. The minimum atomic E-state index is -3.39. The highest BCUT2D eigenvalue weighted by atomic mass is 32.2. The zero-order valence-corrected chi connectivity index (χ0v) is 10.9. The Hall–Kier alpha value is -1.82. The second-order valence-corrected chi connectivity index (χ2v) is 6.23. The topological polar surface area (TPSA) is 83.5 Å². The minimum absolute atomic E-state index is 0.413. The molecule has 0 aliphatic heterocycles. The van der Waals surface area contributed by atoms with Gasteiger partial charge in [-0.15, -0.1) is 0 Å². The Labute approximate surface area is 106 Å². The van der Waals surface area contributed by atoms with E-state index in [9.17, 15) is 13.2 Å². The maximum Gasteiger partial charge on any atom is 0.328 e. The van der Waals surface area contributed by atoms with Gasteiger partial charge in [-0.2, -0.15) is 0 Å². The van der Waals surface area contributed by atoms with Crippen LogP contribution in [0.2, 0.25) is 0 Å². The van der Waals surface area contributed by atoms with Crippen molar-refractivity contribution in [3.05, 3.63) is 35.9 Å². The van der Waals surface area contributed by atoms with Gasteiger partial charge in [-0.05, 0) is 37.6 Å². The molecule has 18 heavy (non-hydrogen) atoms. The lowest BCUT2D eigenvalue weighted by atomic mass is 10.2. The molecule has 0 aliphatic rings. The Morgan fingerprint density at radius 3 is 2.61 bits per heavy atom. The molecule has 0 saturated carbocycles. The fourth-order valence-corrected chi connectivity index (χ4v) is 1.85. The number of hydrogen-bond acceptors (Lipinski definition) is 3. The highest BCUT2D eigenvalue weighted by Gasteiger charge is 2.15. The van der Waals surface area contributed by atoms with Crippen LogP contribution in [0.15, 0.2) is 30.3 Å². The fraction of sp³-hybridized carbons (Fsp3) is 0.250. The van der Waals surface area contributed by atoms with Gasteiger partial charge in [0.2, 0.25) is 10.0 Å². The number of hydrogen-bond donors (Lipinski definition) is 2. The van der Waals surface area contributed by atoms with E-state index in [1.165, 1.54) is 6.08 Å². The molecule has 6 heteroatoms. The second kappa shape index (κ2) is 5.68. The highest BCUT2D eigenvalue weighted by Crippen LogP contribution is 2.15. The van der Waals surface area contributed by atoms with E-state index in [2.05, 4.69) is 4.72 Å². The first-order valence-electron chi connectivity index (χ1n) is 5.34. The molecule has 98 valence electrons. The average Bonchev–Trinajstić information content (AvgIpc) is 2.26. The summed E-state index contributed by atoms with van der Waals surface area (Å²) in [5, 5.41) is 7.97. The molecule has 5 nitrogen and oxygen atoms in total. The SMILES string of the molecule is CC(C)S(=O)(=O)Nc1cccc(C=CC(=O)O)c1. The Morgan fingerprint density at radius 2 is 2.06 bits per heavy atom. The Bertz CT molecular complexity index is 561. The van der Waals surface area contributed by atoms with Gasteiger partial charge in [-0.25, -0.2) is 13.2 Å². The van der Waals surface area contributed by atoms with Gasteiger partial charge in [0.25, 0.3) is 0 Å². The van der Waals surface area contributed by atoms with Crippen molar-refractivity contribution >= 4 is 27.8 Å². The summed E-state index contributed by atoms with van der Waals surface area (Å²) >= 11 is 0. The van der Waals surface area contributed by atoms with E-state index in [0.29, 0.717) is 11.3 Å². The number of sulfonamides is 1. The summed E-state index contributed by atoms with van der Waals surface area (Å²) in [6.07, 6.45) is 2.39. The van der Waals surface area contributed by atoms with Crippen molar-refractivity contribution in [1.29, 1.82) is 0 Å². The Morgan fingerprint density at radius 1 is 1.39 bits per heavy atom. The highest BCUT2D eigenvalue weighted by molar-refractivity contribution is 7.93. The van der Waals surface area contributed by atoms with Crippen LogP contribution in [0.5, 0.6) is 0 Å². The third-order valence-corrected chi connectivity index (χ3v) is 3.95. The molecule has 1 rings (SSSR count). The van der Waals surface area contributed by atoms with Crippen molar-refractivity contribution < 1.29 is 18.3 Å². The molecule has 1 aromatic carbocycles. The molecule has 0 spiro atoms. The van der Waals surface area contributed by atoms with Gasteiger partial charge < -0.3 is 5.11 Å². The van der Waals surface area contributed by atoms with E-state index in [-0.39, 0.29) is 0 Å². The molecule has 0 aliphatic carbocycles. The minimum Gasteiger partial charge on any atom is -0.478 e. The first-order chi connectivity index (χ1) is 8.31. The van der Waals surface area contributed by atoms with Crippen LogP contribution in [-0.4, -0.2) is 24.7 Å². The third kappa shape index (κ3) is 4.21. The van der Waals surface area contributed by atoms with E-state index in [4.69, 9.17) is 5.11 Å². The summed E-state index contributed by atoms with van der Waals surface area (Å²) < 4.78 is 25.7. The molecule has 0 saturated heterocycles. The van der Waals surface area contributed by atoms with Crippen molar-refractivity contribution in [2.75, 3.05) is 4.72 Å². The van der Waals surface area contributed by atoms with Crippen LogP contribution in [0.1, 0.15) is 19.4 Å². The molecule has 0 unspecified atom stereocenters. The van der Waals surface area contributed by atoms with E-state index in [1.54, 1.807) is 38.1 Å². The first kappa shape index (κ1) is 14.2. The van der Waals surface area contributed by atoms with Crippen molar-refractivity contribution in [1.82, 2.24) is 0 Å². The predicted octanol–water partition coefficient (Wildman–Crippen LogP) is 1.93. The van der Waals surface area contributed by atoms with Gasteiger partial charge in [0.05, 0.1) is 5.25 Å². The van der Waals surface area contributed by atoms with E-state index < -0.39 is 21.2 Å². The van der Waals surface area contributed by atoms with Crippen molar-refractivity contribution in [2.45, 2.75) is 19.1 Å². The number of carbonyl (C=O) groups is 1. The van der Waals surface area contributed by atoms with Gasteiger partial charge in [-0.3, -0.25) is 4.72 Å². The fourth-order valence-electron chi connectivity index (χ4n) is 1.16. The van der Waals surface area contributed by atoms with Gasteiger partial charge in [0.15, 0.2) is 0 Å². The van der Waals surface area contributed by atoms with Crippen LogP contribution >= 0.6 is 0 Å². The smallest absolute Gasteiger partial charge is 0.328 e. The number of benzene rings is 1. The molecule has 2 N–H and O–H groups in total. The summed E-state index contributed by atoms with van der Waals surface area (Å²) in [7, 11) is -3.39. The molecule has 0 atom stereocenters. The lowest BCUT2D eigenvalue weighted by Gasteiger charge is -2.10. The average molecular weight is 269 g/mol. The molecule has 0 heterocycles. The molecule has 0 amide bonds. The number of carboxylic acid groups (broad SMARTS) is 1. The zero-order chi connectivity index (χ0) is 13.8. The van der Waals surface area contributed by atoms with E-state index in [1.807, 2.05) is 0 Å². The largest absolute Gasteiger partial charge is 0.478 e. The molecule has 0 bridgehead atoms. The molecule has 0 radical (unpaired) electrons. The third-order valence-electron chi connectivity index (χ3n) is 2.19. The standard InChI is InChI=1S/C12H15NO4S/c1-9(2)18(16,17)13-11-5-3-4-10(8-11)6-7-12(14)15/h3-9,13H,1-2H3,(H,14,15). The number of aliphatic carboxylic acids is 1. The Kier molecular flexibility index (Phi) is 4.49.